The average Bonchev–Trinajstić information content (AvgIpc) is 3.15. The molecular formula is C26H20ClN3O6S2. The maximum Gasteiger partial charge on any atom is 0.285 e. The molecule has 194 valence electrons. The van der Waals surface area contributed by atoms with Crippen LogP contribution in [0, 0.1) is 17.0 Å². The molecule has 1 aliphatic heterocycles. The first-order valence-electron chi connectivity index (χ1n) is 11.1. The number of hydrogen-bond donors (Lipinski definition) is 1. The van der Waals surface area contributed by atoms with Crippen LogP contribution in [0.5, 0.6) is 11.5 Å². The van der Waals surface area contributed by atoms with Crippen molar-refractivity contribution in [1.82, 2.24) is 10.4 Å². The summed E-state index contributed by atoms with van der Waals surface area (Å²) in [6.07, 6.45) is 1.33. The van der Waals surface area contributed by atoms with E-state index in [1.165, 1.54) is 31.4 Å². The summed E-state index contributed by atoms with van der Waals surface area (Å²) in [5, 5.41) is 13.0. The molecule has 1 fully saturated rings. The third kappa shape index (κ3) is 5.96. The van der Waals surface area contributed by atoms with E-state index < -0.39 is 16.7 Å². The van der Waals surface area contributed by atoms with Crippen LogP contribution in [0.4, 0.5) is 5.69 Å². The lowest BCUT2D eigenvalue weighted by atomic mass is 10.1. The fraction of sp³-hybridized carbons (Fsp3) is 0.115. The molecule has 0 bridgehead atoms. The molecule has 3 aromatic rings. The third-order valence-corrected chi connectivity index (χ3v) is 7.02. The summed E-state index contributed by atoms with van der Waals surface area (Å²) in [7, 11) is 1.41. The molecule has 0 spiro atoms. The molecule has 1 heterocycles. The normalized spacial score (nSPS) is 14.1. The molecule has 0 saturated carbocycles. The van der Waals surface area contributed by atoms with E-state index in [2.05, 4.69) is 5.43 Å². The number of ether oxygens (including phenoxy) is 2. The molecule has 0 atom stereocenters. The highest BCUT2D eigenvalue weighted by Crippen LogP contribution is 2.39. The van der Waals surface area contributed by atoms with Crippen LogP contribution in [-0.4, -0.2) is 33.2 Å². The maximum absolute atomic E-state index is 13.1. The summed E-state index contributed by atoms with van der Waals surface area (Å²) >= 11 is 12.3. The van der Waals surface area contributed by atoms with E-state index in [0.717, 1.165) is 27.9 Å². The average molecular weight is 570 g/mol. The van der Waals surface area contributed by atoms with Crippen LogP contribution >= 0.6 is 35.6 Å². The van der Waals surface area contributed by atoms with Gasteiger partial charge in [0.05, 0.1) is 39.2 Å². The van der Waals surface area contributed by atoms with Gasteiger partial charge in [0.1, 0.15) is 6.61 Å². The largest absolute Gasteiger partial charge is 0.493 e. The predicted molar refractivity (Wildman–Crippen MR) is 149 cm³/mol. The number of hydrogen-bond acceptors (Lipinski definition) is 8. The van der Waals surface area contributed by atoms with E-state index in [9.17, 15) is 19.7 Å². The Bertz CT molecular complexity index is 1480. The van der Waals surface area contributed by atoms with Crippen LogP contribution < -0.4 is 14.9 Å². The van der Waals surface area contributed by atoms with Crippen LogP contribution in [0.3, 0.4) is 0 Å². The molecule has 0 aromatic heterocycles. The molecule has 38 heavy (non-hydrogen) atoms. The SMILES string of the molecule is COc1cc(/C=C2/SC(=S)N(NC(=O)c3ccc(C)cc3Cl)C2=O)c([N+](=O)[O-])cc1OCc1ccccc1. The standard InChI is InChI=1S/C26H20ClN3O6S2/c1-15-8-9-18(19(27)10-15)24(31)28-29-25(32)23(38-26(29)37)12-17-11-21(35-2)22(13-20(17)30(33)34)36-14-16-6-4-3-5-7-16/h3-13H,14H2,1-2H3,(H,28,31)/b23-12+. The number of amides is 2. The molecule has 1 saturated heterocycles. The van der Waals surface area contributed by atoms with Gasteiger partial charge in [-0.3, -0.25) is 25.1 Å². The lowest BCUT2D eigenvalue weighted by Crippen LogP contribution is -2.44. The van der Waals surface area contributed by atoms with Gasteiger partial charge in [-0.25, -0.2) is 0 Å². The van der Waals surface area contributed by atoms with Crippen LogP contribution in [0.1, 0.15) is 27.0 Å². The molecule has 2 amide bonds. The Hall–Kier alpha value is -3.93. The van der Waals surface area contributed by atoms with Gasteiger partial charge in [-0.2, -0.15) is 5.01 Å². The van der Waals surface area contributed by atoms with Gasteiger partial charge >= 0.3 is 0 Å². The van der Waals surface area contributed by atoms with Crippen LogP contribution in [0.2, 0.25) is 5.02 Å². The Labute approximate surface area is 232 Å². The Morgan fingerprint density at radius 2 is 1.92 bits per heavy atom. The van der Waals surface area contributed by atoms with Crippen molar-refractivity contribution < 1.29 is 24.0 Å². The third-order valence-electron chi connectivity index (χ3n) is 5.41. The van der Waals surface area contributed by atoms with Gasteiger partial charge in [0, 0.05) is 0 Å². The fourth-order valence-corrected chi connectivity index (χ4v) is 5.01. The second-order valence-corrected chi connectivity index (χ2v) is 10.1. The van der Waals surface area contributed by atoms with Crippen molar-refractivity contribution in [2.75, 3.05) is 7.11 Å². The van der Waals surface area contributed by atoms with Gasteiger partial charge in [-0.05, 0) is 54.5 Å². The van der Waals surface area contributed by atoms with Gasteiger partial charge in [0.2, 0.25) is 0 Å². The quantitative estimate of drug-likeness (QED) is 0.159. The number of carbonyl (C=O) groups is 2. The second kappa shape index (κ2) is 11.6. The number of carbonyl (C=O) groups excluding carboxylic acids is 2. The topological polar surface area (TPSA) is 111 Å². The zero-order valence-electron chi connectivity index (χ0n) is 20.1. The summed E-state index contributed by atoms with van der Waals surface area (Å²) in [5.41, 5.74) is 4.17. The van der Waals surface area contributed by atoms with E-state index in [1.54, 1.807) is 12.1 Å². The van der Waals surface area contributed by atoms with E-state index in [-0.39, 0.29) is 49.2 Å². The van der Waals surface area contributed by atoms with Crippen molar-refractivity contribution in [3.63, 3.8) is 0 Å². The Balaban J connectivity index is 1.59. The van der Waals surface area contributed by atoms with Gasteiger partial charge in [-0.1, -0.05) is 59.8 Å². The molecule has 9 nitrogen and oxygen atoms in total. The predicted octanol–water partition coefficient (Wildman–Crippen LogP) is 5.69. The molecule has 12 heteroatoms. The Morgan fingerprint density at radius 3 is 2.58 bits per heavy atom. The second-order valence-electron chi connectivity index (χ2n) is 8.03. The summed E-state index contributed by atoms with van der Waals surface area (Å²) in [4.78, 5) is 37.2. The minimum Gasteiger partial charge on any atom is -0.493 e. The smallest absolute Gasteiger partial charge is 0.285 e. The first-order chi connectivity index (χ1) is 18.2. The first kappa shape index (κ1) is 27.1. The Morgan fingerprint density at radius 1 is 1.18 bits per heavy atom. The maximum atomic E-state index is 13.1. The van der Waals surface area contributed by atoms with Crippen molar-refractivity contribution in [3.05, 3.63) is 103 Å². The number of aryl methyl sites for hydroxylation is 1. The van der Waals surface area contributed by atoms with Crippen molar-refractivity contribution in [1.29, 1.82) is 0 Å². The minimum absolute atomic E-state index is 0.0512. The number of halogens is 1. The zero-order chi connectivity index (χ0) is 27.4. The number of hydrazine groups is 1. The zero-order valence-corrected chi connectivity index (χ0v) is 22.5. The molecule has 3 aromatic carbocycles. The number of methoxy groups -OCH3 is 1. The van der Waals surface area contributed by atoms with Gasteiger partial charge < -0.3 is 9.47 Å². The molecule has 0 aliphatic carbocycles. The number of nitro groups is 1. The van der Waals surface area contributed by atoms with E-state index >= 15 is 0 Å². The molecule has 0 unspecified atom stereocenters. The monoisotopic (exact) mass is 569 g/mol. The van der Waals surface area contributed by atoms with Crippen LogP contribution in [-0.2, 0) is 11.4 Å². The highest BCUT2D eigenvalue weighted by molar-refractivity contribution is 8.26. The van der Waals surface area contributed by atoms with Crippen molar-refractivity contribution >= 4 is 63.5 Å². The summed E-state index contributed by atoms with van der Waals surface area (Å²) < 4.78 is 11.2. The van der Waals surface area contributed by atoms with Crippen molar-refractivity contribution in [2.45, 2.75) is 13.5 Å². The van der Waals surface area contributed by atoms with E-state index in [0.29, 0.717) is 0 Å². The number of thiocarbonyl (C=S) groups is 1. The molecule has 4 rings (SSSR count). The van der Waals surface area contributed by atoms with E-state index in [4.69, 9.17) is 33.3 Å². The van der Waals surface area contributed by atoms with Crippen LogP contribution in [0.15, 0.2) is 65.6 Å². The first-order valence-corrected chi connectivity index (χ1v) is 12.7. The number of benzene rings is 3. The number of nitro benzene ring substituents is 1. The summed E-state index contributed by atoms with van der Waals surface area (Å²) in [6.45, 7) is 2.01. The number of nitrogens with one attached hydrogen (secondary N) is 1. The lowest BCUT2D eigenvalue weighted by molar-refractivity contribution is -0.385. The number of thioether (sulfide) groups is 1. The van der Waals surface area contributed by atoms with Gasteiger partial charge in [0.15, 0.2) is 15.8 Å². The van der Waals surface area contributed by atoms with Gasteiger partial charge in [-0.15, -0.1) is 0 Å². The Kier molecular flexibility index (Phi) is 8.30. The highest BCUT2D eigenvalue weighted by Gasteiger charge is 2.35. The van der Waals surface area contributed by atoms with Crippen molar-refractivity contribution in [2.24, 2.45) is 0 Å². The van der Waals surface area contributed by atoms with E-state index in [1.807, 2.05) is 37.3 Å². The molecular weight excluding hydrogens is 550 g/mol. The molecule has 1 aliphatic rings. The van der Waals surface area contributed by atoms with Crippen molar-refractivity contribution in [3.8, 4) is 11.5 Å². The minimum atomic E-state index is -0.644. The van der Waals surface area contributed by atoms with Crippen LogP contribution in [0.25, 0.3) is 6.08 Å². The highest BCUT2D eigenvalue weighted by atomic mass is 35.5. The molecule has 1 N–H and O–H groups in total. The fourth-order valence-electron chi connectivity index (χ4n) is 3.52. The molecule has 0 radical (unpaired) electrons. The number of rotatable bonds is 8. The van der Waals surface area contributed by atoms with Gasteiger partial charge in [0.25, 0.3) is 17.5 Å². The summed E-state index contributed by atoms with van der Waals surface area (Å²) in [5.74, 6) is -0.847. The summed E-state index contributed by atoms with van der Waals surface area (Å²) in [6, 6.07) is 16.8. The number of nitrogens with zero attached hydrogens (tertiary/aromatic N) is 2. The lowest BCUT2D eigenvalue weighted by Gasteiger charge is -2.16.